The molecule has 1 aromatic rings. The molecule has 7 heteroatoms. The molecule has 0 radical (unpaired) electrons. The van der Waals surface area contributed by atoms with Gasteiger partial charge in [-0.3, -0.25) is 9.59 Å². The molecule has 6 nitrogen and oxygen atoms in total. The van der Waals surface area contributed by atoms with Crippen molar-refractivity contribution in [3.63, 3.8) is 0 Å². The molecule has 3 rings (SSSR count). The Balaban J connectivity index is 1.71. The zero-order valence-corrected chi connectivity index (χ0v) is 14.6. The van der Waals surface area contributed by atoms with Gasteiger partial charge in [0, 0.05) is 44.6 Å². The average Bonchev–Trinajstić information content (AvgIpc) is 3.23. The Morgan fingerprint density at radius 3 is 3.00 bits per heavy atom. The fourth-order valence-corrected chi connectivity index (χ4v) is 4.71. The van der Waals surface area contributed by atoms with Crippen LogP contribution in [0.5, 0.6) is 0 Å². The van der Waals surface area contributed by atoms with Gasteiger partial charge in [-0.25, -0.2) is 4.98 Å². The van der Waals surface area contributed by atoms with Crippen LogP contribution in [-0.2, 0) is 16.0 Å². The number of hydrogen-bond donors (Lipinski definition) is 0. The second-order valence-electron chi connectivity index (χ2n) is 6.19. The maximum Gasteiger partial charge on any atom is 0.246 e. The second kappa shape index (κ2) is 6.95. The molecule has 2 saturated heterocycles. The standard InChI is InChI=1S/C16H24N4O2S/c1-3-15-17-6-8-19(15)13-5-4-7-18(9-13)16(22)14-10-23-11-20(14)12(2)21/h6,8,13-14H,3-5,7,9-11H2,1-2H3/t13-,14+/m0/s1. The van der Waals surface area contributed by atoms with Crippen molar-refractivity contribution in [1.82, 2.24) is 19.4 Å². The molecule has 2 atom stereocenters. The van der Waals surface area contributed by atoms with E-state index in [0.29, 0.717) is 17.7 Å². The van der Waals surface area contributed by atoms with Crippen molar-refractivity contribution in [2.45, 2.75) is 45.2 Å². The fraction of sp³-hybridized carbons (Fsp3) is 0.688. The molecular weight excluding hydrogens is 312 g/mol. The van der Waals surface area contributed by atoms with E-state index >= 15 is 0 Å². The molecule has 3 heterocycles. The molecule has 1 aromatic heterocycles. The first-order valence-corrected chi connectivity index (χ1v) is 9.42. The molecule has 0 spiro atoms. The van der Waals surface area contributed by atoms with Crippen LogP contribution in [0.2, 0.25) is 0 Å². The lowest BCUT2D eigenvalue weighted by atomic mass is 10.0. The van der Waals surface area contributed by atoms with E-state index in [1.54, 1.807) is 23.6 Å². The van der Waals surface area contributed by atoms with Gasteiger partial charge in [0.05, 0.1) is 11.9 Å². The predicted molar refractivity (Wildman–Crippen MR) is 90.1 cm³/mol. The summed E-state index contributed by atoms with van der Waals surface area (Å²) in [5.41, 5.74) is 0. The van der Waals surface area contributed by atoms with Gasteiger partial charge in [-0.2, -0.15) is 0 Å². The number of carbonyl (C=O) groups excluding carboxylic acids is 2. The van der Waals surface area contributed by atoms with Crippen LogP contribution < -0.4 is 0 Å². The lowest BCUT2D eigenvalue weighted by Crippen LogP contribution is -2.51. The van der Waals surface area contributed by atoms with Gasteiger partial charge >= 0.3 is 0 Å². The highest BCUT2D eigenvalue weighted by Gasteiger charge is 2.37. The largest absolute Gasteiger partial charge is 0.339 e. The lowest BCUT2D eigenvalue weighted by molar-refractivity contribution is -0.143. The van der Waals surface area contributed by atoms with Crippen molar-refractivity contribution in [3.05, 3.63) is 18.2 Å². The van der Waals surface area contributed by atoms with Crippen LogP contribution in [-0.4, -0.2) is 61.9 Å². The van der Waals surface area contributed by atoms with Crippen molar-refractivity contribution >= 4 is 23.6 Å². The molecule has 0 N–H and O–H groups in total. The number of thioether (sulfide) groups is 1. The fourth-order valence-electron chi connectivity index (χ4n) is 3.50. The van der Waals surface area contributed by atoms with Crippen LogP contribution in [0.4, 0.5) is 0 Å². The van der Waals surface area contributed by atoms with E-state index in [0.717, 1.165) is 38.2 Å². The molecule has 0 saturated carbocycles. The topological polar surface area (TPSA) is 58.4 Å². The molecule has 0 unspecified atom stereocenters. The van der Waals surface area contributed by atoms with E-state index in [9.17, 15) is 9.59 Å². The van der Waals surface area contributed by atoms with Gasteiger partial charge in [-0.1, -0.05) is 6.92 Å². The minimum atomic E-state index is -0.287. The van der Waals surface area contributed by atoms with Crippen molar-refractivity contribution < 1.29 is 9.59 Å². The first-order valence-electron chi connectivity index (χ1n) is 8.27. The summed E-state index contributed by atoms with van der Waals surface area (Å²) in [5, 5.41) is 0. The van der Waals surface area contributed by atoms with Crippen molar-refractivity contribution in [2.24, 2.45) is 0 Å². The van der Waals surface area contributed by atoms with Gasteiger partial charge < -0.3 is 14.4 Å². The SMILES string of the molecule is CCc1nccn1[C@H]1CCCN(C(=O)[C@H]2CSCN2C(C)=O)C1. The summed E-state index contributed by atoms with van der Waals surface area (Å²) in [7, 11) is 0. The average molecular weight is 336 g/mol. The Morgan fingerprint density at radius 1 is 1.43 bits per heavy atom. The van der Waals surface area contributed by atoms with Crippen LogP contribution >= 0.6 is 11.8 Å². The second-order valence-corrected chi connectivity index (χ2v) is 7.19. The Hall–Kier alpha value is -1.50. The van der Waals surface area contributed by atoms with Crippen molar-refractivity contribution in [3.8, 4) is 0 Å². The Morgan fingerprint density at radius 2 is 2.26 bits per heavy atom. The summed E-state index contributed by atoms with van der Waals surface area (Å²) < 4.78 is 2.21. The summed E-state index contributed by atoms with van der Waals surface area (Å²) in [6, 6.07) is 0.00895. The minimum absolute atomic E-state index is 0.00946. The Labute approximate surface area is 141 Å². The molecule has 0 aromatic carbocycles. The van der Waals surface area contributed by atoms with E-state index < -0.39 is 0 Å². The highest BCUT2D eigenvalue weighted by Crippen LogP contribution is 2.27. The van der Waals surface area contributed by atoms with Crippen LogP contribution in [0.25, 0.3) is 0 Å². The smallest absolute Gasteiger partial charge is 0.246 e. The summed E-state index contributed by atoms with van der Waals surface area (Å²) in [4.78, 5) is 32.6. The number of imidazole rings is 1. The van der Waals surface area contributed by atoms with E-state index in [1.807, 2.05) is 17.3 Å². The third-order valence-electron chi connectivity index (χ3n) is 4.74. The molecule has 2 amide bonds. The molecule has 0 aliphatic carbocycles. The van der Waals surface area contributed by atoms with Gasteiger partial charge in [0.2, 0.25) is 11.8 Å². The van der Waals surface area contributed by atoms with Crippen LogP contribution in [0.1, 0.15) is 38.6 Å². The number of nitrogens with zero attached hydrogens (tertiary/aromatic N) is 4. The number of rotatable bonds is 3. The Bertz CT molecular complexity index is 588. The van der Waals surface area contributed by atoms with Gasteiger partial charge in [-0.15, -0.1) is 11.8 Å². The molecule has 23 heavy (non-hydrogen) atoms. The zero-order chi connectivity index (χ0) is 16.4. The summed E-state index contributed by atoms with van der Waals surface area (Å²) >= 11 is 1.66. The Kier molecular flexibility index (Phi) is 4.94. The van der Waals surface area contributed by atoms with Crippen LogP contribution in [0.3, 0.4) is 0 Å². The predicted octanol–water partition coefficient (Wildman–Crippen LogP) is 1.53. The number of amides is 2. The maximum absolute atomic E-state index is 12.9. The molecular formula is C16H24N4O2S. The first kappa shape index (κ1) is 16.4. The summed E-state index contributed by atoms with van der Waals surface area (Å²) in [5.74, 6) is 2.51. The van der Waals surface area contributed by atoms with Gasteiger partial charge in [0.1, 0.15) is 11.9 Å². The molecule has 2 aliphatic heterocycles. The molecule has 0 bridgehead atoms. The van der Waals surface area contributed by atoms with Crippen LogP contribution in [0.15, 0.2) is 12.4 Å². The number of hydrogen-bond acceptors (Lipinski definition) is 4. The van der Waals surface area contributed by atoms with Gasteiger partial charge in [-0.05, 0) is 12.8 Å². The summed E-state index contributed by atoms with van der Waals surface area (Å²) in [6.07, 6.45) is 6.82. The van der Waals surface area contributed by atoms with Crippen LogP contribution in [0, 0.1) is 0 Å². The van der Waals surface area contributed by atoms with Crippen molar-refractivity contribution in [1.29, 1.82) is 0 Å². The minimum Gasteiger partial charge on any atom is -0.339 e. The van der Waals surface area contributed by atoms with Gasteiger partial charge in [0.15, 0.2) is 0 Å². The number of aryl methyl sites for hydroxylation is 1. The lowest BCUT2D eigenvalue weighted by Gasteiger charge is -2.36. The monoisotopic (exact) mass is 336 g/mol. The third kappa shape index (κ3) is 3.24. The normalized spacial score (nSPS) is 25.0. The molecule has 2 aliphatic rings. The van der Waals surface area contributed by atoms with E-state index in [1.165, 1.54) is 0 Å². The van der Waals surface area contributed by atoms with E-state index in [4.69, 9.17) is 0 Å². The number of carbonyl (C=O) groups is 2. The van der Waals surface area contributed by atoms with E-state index in [2.05, 4.69) is 16.5 Å². The number of aromatic nitrogens is 2. The number of piperidine rings is 1. The highest BCUT2D eigenvalue weighted by atomic mass is 32.2. The third-order valence-corrected chi connectivity index (χ3v) is 5.75. The quantitative estimate of drug-likeness (QED) is 0.840. The number of likely N-dealkylation sites (tertiary alicyclic amines) is 1. The highest BCUT2D eigenvalue weighted by molar-refractivity contribution is 7.99. The first-order chi connectivity index (χ1) is 11.1. The van der Waals surface area contributed by atoms with E-state index in [-0.39, 0.29) is 17.9 Å². The molecule has 2 fully saturated rings. The van der Waals surface area contributed by atoms with Gasteiger partial charge in [0.25, 0.3) is 0 Å². The summed E-state index contributed by atoms with van der Waals surface area (Å²) in [6.45, 7) is 5.16. The molecule has 126 valence electrons. The van der Waals surface area contributed by atoms with Crippen molar-refractivity contribution in [2.75, 3.05) is 24.7 Å². The maximum atomic E-state index is 12.9. The zero-order valence-electron chi connectivity index (χ0n) is 13.8.